The summed E-state index contributed by atoms with van der Waals surface area (Å²) in [6, 6.07) is 5.06. The van der Waals surface area contributed by atoms with Crippen LogP contribution in [-0.4, -0.2) is 100 Å². The van der Waals surface area contributed by atoms with Gasteiger partial charge in [0.05, 0.1) is 30.9 Å². The lowest BCUT2D eigenvalue weighted by Gasteiger charge is -2.34. The van der Waals surface area contributed by atoms with Gasteiger partial charge in [-0.25, -0.2) is 4.90 Å². The van der Waals surface area contributed by atoms with Gasteiger partial charge in [0.1, 0.15) is 6.04 Å². The number of piperidine rings is 1. The number of hydrogen-bond acceptors (Lipinski definition) is 9. The summed E-state index contributed by atoms with van der Waals surface area (Å²) in [5.41, 5.74) is 0.395. The van der Waals surface area contributed by atoms with E-state index < -0.39 is 42.4 Å². The molecule has 1 fully saturated rings. The molecule has 31 heavy (non-hydrogen) atoms. The lowest BCUT2D eigenvalue weighted by Crippen LogP contribution is -2.56. The Bertz CT molecular complexity index is 861. The van der Waals surface area contributed by atoms with E-state index in [2.05, 4.69) is 0 Å². The zero-order valence-corrected chi connectivity index (χ0v) is 16.7. The molecule has 1 aromatic rings. The third-order valence-electron chi connectivity index (χ3n) is 5.16. The summed E-state index contributed by atoms with van der Waals surface area (Å²) < 4.78 is 5.02. The molecule has 0 radical (unpaired) electrons. The number of benzene rings is 1. The maximum Gasteiger partial charge on any atom is 0.321 e. The van der Waals surface area contributed by atoms with Gasteiger partial charge in [0.15, 0.2) is 6.73 Å². The van der Waals surface area contributed by atoms with Gasteiger partial charge in [-0.1, -0.05) is 12.1 Å². The molecule has 2 N–H and O–H groups in total. The number of ether oxygens (including phenoxy) is 1. The predicted molar refractivity (Wildman–Crippen MR) is 103 cm³/mol. The van der Waals surface area contributed by atoms with Crippen molar-refractivity contribution in [3.63, 3.8) is 0 Å². The van der Waals surface area contributed by atoms with Gasteiger partial charge in [0.25, 0.3) is 17.7 Å². The molecule has 0 aromatic heterocycles. The van der Waals surface area contributed by atoms with Crippen molar-refractivity contribution in [1.29, 1.82) is 0 Å². The van der Waals surface area contributed by atoms with Crippen LogP contribution in [0, 0.1) is 0 Å². The van der Waals surface area contributed by atoms with Crippen molar-refractivity contribution in [2.45, 2.75) is 18.9 Å². The first-order chi connectivity index (χ1) is 14.9. The Morgan fingerprint density at radius 3 is 2.16 bits per heavy atom. The van der Waals surface area contributed by atoms with E-state index in [9.17, 15) is 24.0 Å². The van der Waals surface area contributed by atoms with Gasteiger partial charge in [0, 0.05) is 19.5 Å². The van der Waals surface area contributed by atoms with Crippen molar-refractivity contribution in [3.05, 3.63) is 35.4 Å². The highest BCUT2D eigenvalue weighted by Gasteiger charge is 2.47. The molecule has 11 nitrogen and oxygen atoms in total. The smallest absolute Gasteiger partial charge is 0.321 e. The minimum Gasteiger partial charge on any atom is -0.443 e. The first kappa shape index (κ1) is 22.5. The molecule has 166 valence electrons. The minimum absolute atomic E-state index is 0.00560. The van der Waals surface area contributed by atoms with Crippen molar-refractivity contribution in [1.82, 2.24) is 14.7 Å². The summed E-state index contributed by atoms with van der Waals surface area (Å²) in [5.74, 6) is -3.33. The topological polar surface area (TPSA) is 145 Å². The zero-order valence-electron chi connectivity index (χ0n) is 16.7. The van der Waals surface area contributed by atoms with Crippen molar-refractivity contribution < 1.29 is 38.9 Å². The van der Waals surface area contributed by atoms with Gasteiger partial charge in [0.2, 0.25) is 5.91 Å². The Hall–Kier alpha value is -3.15. The van der Waals surface area contributed by atoms with E-state index in [0.29, 0.717) is 0 Å². The molecule has 2 aliphatic heterocycles. The first-order valence-electron chi connectivity index (χ1n) is 9.79. The maximum atomic E-state index is 12.9. The average molecular weight is 433 g/mol. The largest absolute Gasteiger partial charge is 0.443 e. The van der Waals surface area contributed by atoms with Crippen LogP contribution in [0.25, 0.3) is 0 Å². The molecule has 1 saturated heterocycles. The van der Waals surface area contributed by atoms with Crippen LogP contribution in [0.2, 0.25) is 0 Å². The van der Waals surface area contributed by atoms with Gasteiger partial charge in [-0.2, -0.15) is 0 Å². The number of aliphatic hydroxyl groups excluding tert-OH is 2. The number of esters is 1. The van der Waals surface area contributed by atoms with E-state index in [1.165, 1.54) is 17.0 Å². The Morgan fingerprint density at radius 2 is 1.61 bits per heavy atom. The Morgan fingerprint density at radius 1 is 1.03 bits per heavy atom. The number of rotatable bonds is 9. The van der Waals surface area contributed by atoms with Crippen molar-refractivity contribution in [2.75, 3.05) is 39.6 Å². The van der Waals surface area contributed by atoms with Crippen LogP contribution in [-0.2, 0) is 19.1 Å². The molecule has 3 rings (SSSR count). The molecule has 0 aliphatic carbocycles. The number of aliphatic hydroxyl groups is 2. The summed E-state index contributed by atoms with van der Waals surface area (Å²) >= 11 is 0. The van der Waals surface area contributed by atoms with Crippen molar-refractivity contribution in [3.8, 4) is 0 Å². The number of amides is 4. The van der Waals surface area contributed by atoms with Crippen LogP contribution in [0.15, 0.2) is 24.3 Å². The van der Waals surface area contributed by atoms with Crippen LogP contribution in [0.4, 0.5) is 0 Å². The Kier molecular flexibility index (Phi) is 7.10. The third kappa shape index (κ3) is 4.63. The molecular formula is C20H23N3O8. The normalized spacial score (nSPS) is 18.7. The number of carbonyl (C=O) groups is 5. The highest BCUT2D eigenvalue weighted by Crippen LogP contribution is 2.28. The lowest BCUT2D eigenvalue weighted by molar-refractivity contribution is -0.164. The summed E-state index contributed by atoms with van der Waals surface area (Å²) in [4.78, 5) is 65.6. The second-order valence-corrected chi connectivity index (χ2v) is 7.11. The minimum atomic E-state index is -1.16. The number of likely N-dealkylation sites (tertiary alicyclic amines) is 1. The number of nitrogens with zero attached hydrogens (tertiary/aromatic N) is 3. The number of imide groups is 2. The van der Waals surface area contributed by atoms with Crippen LogP contribution < -0.4 is 0 Å². The lowest BCUT2D eigenvalue weighted by atomic mass is 10.0. The van der Waals surface area contributed by atoms with Crippen LogP contribution in [0.5, 0.6) is 0 Å². The fraction of sp³-hybridized carbons (Fsp3) is 0.450. The molecule has 2 heterocycles. The van der Waals surface area contributed by atoms with Crippen LogP contribution in [0.1, 0.15) is 33.6 Å². The van der Waals surface area contributed by atoms with Gasteiger partial charge in [-0.05, 0) is 18.6 Å². The van der Waals surface area contributed by atoms with E-state index in [4.69, 9.17) is 14.9 Å². The third-order valence-corrected chi connectivity index (χ3v) is 5.16. The summed E-state index contributed by atoms with van der Waals surface area (Å²) in [6.45, 7) is -1.07. The summed E-state index contributed by atoms with van der Waals surface area (Å²) in [5, 5.41) is 18.0. The van der Waals surface area contributed by atoms with Crippen LogP contribution >= 0.6 is 0 Å². The Labute approximate surface area is 177 Å². The predicted octanol–water partition coefficient (Wildman–Crippen LogP) is -1.41. The average Bonchev–Trinajstić information content (AvgIpc) is 2.99. The van der Waals surface area contributed by atoms with Crippen molar-refractivity contribution >= 4 is 29.6 Å². The van der Waals surface area contributed by atoms with Crippen LogP contribution in [0.3, 0.4) is 0 Å². The fourth-order valence-corrected chi connectivity index (χ4v) is 3.61. The van der Waals surface area contributed by atoms with E-state index in [1.807, 2.05) is 0 Å². The van der Waals surface area contributed by atoms with E-state index in [1.54, 1.807) is 12.1 Å². The summed E-state index contributed by atoms with van der Waals surface area (Å²) in [6.07, 6.45) is -0.100. The molecule has 0 bridgehead atoms. The quantitative estimate of drug-likeness (QED) is 0.354. The molecule has 2 aliphatic rings. The molecular weight excluding hydrogens is 410 g/mol. The van der Waals surface area contributed by atoms with Gasteiger partial charge >= 0.3 is 5.97 Å². The standard InChI is InChI=1S/C20H23N3O8/c24-9-7-21(8-10-25)11-17(27)31-12-22-16(26)6-5-15(20(22)30)23-18(28)13-3-1-2-4-14(13)19(23)29/h1-4,15,24-25H,5-12H2. The highest BCUT2D eigenvalue weighted by molar-refractivity contribution is 6.23. The first-order valence-corrected chi connectivity index (χ1v) is 9.79. The second-order valence-electron chi connectivity index (χ2n) is 7.11. The van der Waals surface area contributed by atoms with E-state index in [0.717, 1.165) is 9.80 Å². The zero-order chi connectivity index (χ0) is 22.5. The number of fused-ring (bicyclic) bond motifs is 1. The number of hydrogen-bond donors (Lipinski definition) is 2. The van der Waals surface area contributed by atoms with Gasteiger partial charge in [-0.15, -0.1) is 0 Å². The Balaban J connectivity index is 1.66. The molecule has 1 atom stereocenters. The van der Waals surface area contributed by atoms with Crippen molar-refractivity contribution in [2.24, 2.45) is 0 Å². The van der Waals surface area contributed by atoms with E-state index in [-0.39, 0.29) is 56.8 Å². The molecule has 1 aromatic carbocycles. The van der Waals surface area contributed by atoms with Gasteiger partial charge < -0.3 is 14.9 Å². The SMILES string of the molecule is O=C(CN(CCO)CCO)OCN1C(=O)CCC(N2C(=O)c3ccccc3C2=O)C1=O. The van der Waals surface area contributed by atoms with Gasteiger partial charge in [-0.3, -0.25) is 33.8 Å². The maximum absolute atomic E-state index is 12.9. The molecule has 0 saturated carbocycles. The monoisotopic (exact) mass is 433 g/mol. The molecule has 11 heteroatoms. The molecule has 4 amide bonds. The summed E-state index contributed by atoms with van der Waals surface area (Å²) in [7, 11) is 0. The fourth-order valence-electron chi connectivity index (χ4n) is 3.61. The van der Waals surface area contributed by atoms with E-state index >= 15 is 0 Å². The highest BCUT2D eigenvalue weighted by atomic mass is 16.5. The molecule has 0 spiro atoms. The second kappa shape index (κ2) is 9.77. The molecule has 1 unspecified atom stereocenters. The number of carbonyl (C=O) groups excluding carboxylic acids is 5.